The maximum Gasteiger partial charge on any atom is 0.220 e. The van der Waals surface area contributed by atoms with E-state index in [1.807, 2.05) is 0 Å². The maximum atomic E-state index is 10.9. The van der Waals surface area contributed by atoms with Crippen molar-refractivity contribution in [3.8, 4) is 0 Å². The minimum Gasteiger partial charge on any atom is -0.356 e. The second-order valence-corrected chi connectivity index (χ2v) is 4.01. The standard InChI is InChI=1S/C8H14BrNO/c1-6-4-7(6)5-10-8(11)2-3-9/h6-7H,2-5H2,1H3,(H,10,11). The van der Waals surface area contributed by atoms with E-state index in [0.29, 0.717) is 6.42 Å². The van der Waals surface area contributed by atoms with E-state index in [1.54, 1.807) is 0 Å². The minimum absolute atomic E-state index is 0.168. The van der Waals surface area contributed by atoms with Crippen molar-refractivity contribution < 1.29 is 4.79 Å². The van der Waals surface area contributed by atoms with Crippen LogP contribution in [-0.2, 0) is 4.79 Å². The molecule has 2 unspecified atom stereocenters. The summed E-state index contributed by atoms with van der Waals surface area (Å²) in [6, 6.07) is 0. The average Bonchev–Trinajstić information content (AvgIpc) is 2.63. The Labute approximate surface area is 75.9 Å². The predicted octanol–water partition coefficient (Wildman–Crippen LogP) is 1.54. The number of carbonyl (C=O) groups is 1. The van der Waals surface area contributed by atoms with E-state index in [9.17, 15) is 4.79 Å². The molecular formula is C8H14BrNO. The molecule has 0 radical (unpaired) electrons. The Hall–Kier alpha value is -0.0500. The molecule has 0 aromatic heterocycles. The number of hydrogen-bond acceptors (Lipinski definition) is 1. The lowest BCUT2D eigenvalue weighted by Gasteiger charge is -2.01. The molecular weight excluding hydrogens is 206 g/mol. The third-order valence-electron chi connectivity index (χ3n) is 2.16. The highest BCUT2D eigenvalue weighted by atomic mass is 79.9. The molecule has 3 heteroatoms. The van der Waals surface area contributed by atoms with Crippen LogP contribution in [0.1, 0.15) is 19.8 Å². The summed E-state index contributed by atoms with van der Waals surface area (Å²) in [5.74, 6) is 1.76. The number of halogens is 1. The van der Waals surface area contributed by atoms with Gasteiger partial charge in [-0.25, -0.2) is 0 Å². The van der Waals surface area contributed by atoms with Crippen LogP contribution in [0.3, 0.4) is 0 Å². The number of hydrogen-bond donors (Lipinski definition) is 1. The van der Waals surface area contributed by atoms with Crippen LogP contribution in [-0.4, -0.2) is 17.8 Å². The van der Waals surface area contributed by atoms with Crippen LogP contribution in [0, 0.1) is 11.8 Å². The first-order valence-electron chi connectivity index (χ1n) is 4.06. The Morgan fingerprint density at radius 2 is 2.36 bits per heavy atom. The SMILES string of the molecule is CC1CC1CNC(=O)CCBr. The minimum atomic E-state index is 0.168. The monoisotopic (exact) mass is 219 g/mol. The third kappa shape index (κ3) is 3.23. The summed E-state index contributed by atoms with van der Waals surface area (Å²) in [7, 11) is 0. The van der Waals surface area contributed by atoms with Gasteiger partial charge in [-0.1, -0.05) is 22.9 Å². The molecule has 0 aliphatic heterocycles. The van der Waals surface area contributed by atoms with Gasteiger partial charge in [0.25, 0.3) is 0 Å². The Kier molecular flexibility index (Phi) is 3.37. The molecule has 0 spiro atoms. The van der Waals surface area contributed by atoms with Crippen molar-refractivity contribution in [1.82, 2.24) is 5.32 Å². The average molecular weight is 220 g/mol. The molecule has 1 rings (SSSR count). The molecule has 0 bridgehead atoms. The van der Waals surface area contributed by atoms with Gasteiger partial charge < -0.3 is 5.32 Å². The van der Waals surface area contributed by atoms with Crippen LogP contribution in [0.4, 0.5) is 0 Å². The zero-order valence-electron chi connectivity index (χ0n) is 6.77. The van der Waals surface area contributed by atoms with E-state index >= 15 is 0 Å². The molecule has 1 saturated carbocycles. The highest BCUT2D eigenvalue weighted by Crippen LogP contribution is 2.36. The highest BCUT2D eigenvalue weighted by Gasteiger charge is 2.32. The summed E-state index contributed by atoms with van der Waals surface area (Å²) >= 11 is 3.22. The Morgan fingerprint density at radius 3 is 2.82 bits per heavy atom. The molecule has 0 saturated heterocycles. The quantitative estimate of drug-likeness (QED) is 0.715. The van der Waals surface area contributed by atoms with E-state index in [2.05, 4.69) is 28.2 Å². The Balaban J connectivity index is 1.98. The van der Waals surface area contributed by atoms with E-state index in [1.165, 1.54) is 6.42 Å². The second kappa shape index (κ2) is 4.10. The topological polar surface area (TPSA) is 29.1 Å². The molecule has 2 atom stereocenters. The molecule has 1 fully saturated rings. The second-order valence-electron chi connectivity index (χ2n) is 3.22. The van der Waals surface area contributed by atoms with Crippen molar-refractivity contribution in [3.05, 3.63) is 0 Å². The molecule has 0 aromatic carbocycles. The molecule has 2 nitrogen and oxygen atoms in total. The molecule has 0 aromatic rings. The van der Waals surface area contributed by atoms with Crippen molar-refractivity contribution in [2.45, 2.75) is 19.8 Å². The first kappa shape index (κ1) is 9.04. The van der Waals surface area contributed by atoms with Crippen LogP contribution in [0.15, 0.2) is 0 Å². The number of nitrogens with one attached hydrogen (secondary N) is 1. The van der Waals surface area contributed by atoms with Crippen molar-refractivity contribution in [3.63, 3.8) is 0 Å². The van der Waals surface area contributed by atoms with Gasteiger partial charge in [-0.3, -0.25) is 4.79 Å². The van der Waals surface area contributed by atoms with Gasteiger partial charge in [0.05, 0.1) is 0 Å². The molecule has 0 heterocycles. The number of amides is 1. The predicted molar refractivity (Wildman–Crippen MR) is 48.7 cm³/mol. The van der Waals surface area contributed by atoms with Gasteiger partial charge in [0.1, 0.15) is 0 Å². The Bertz CT molecular complexity index is 149. The van der Waals surface area contributed by atoms with Crippen LogP contribution < -0.4 is 5.32 Å². The number of alkyl halides is 1. The van der Waals surface area contributed by atoms with Crippen LogP contribution >= 0.6 is 15.9 Å². The van der Waals surface area contributed by atoms with Gasteiger partial charge in [-0.05, 0) is 18.3 Å². The zero-order chi connectivity index (χ0) is 8.27. The Morgan fingerprint density at radius 1 is 1.73 bits per heavy atom. The van der Waals surface area contributed by atoms with Crippen LogP contribution in [0.2, 0.25) is 0 Å². The molecule has 1 aliphatic rings. The van der Waals surface area contributed by atoms with E-state index in [4.69, 9.17) is 0 Å². The fraction of sp³-hybridized carbons (Fsp3) is 0.875. The summed E-state index contributed by atoms with van der Waals surface area (Å²) < 4.78 is 0. The summed E-state index contributed by atoms with van der Waals surface area (Å²) in [5, 5.41) is 3.67. The van der Waals surface area contributed by atoms with Crippen LogP contribution in [0.25, 0.3) is 0 Å². The zero-order valence-corrected chi connectivity index (χ0v) is 8.36. The van der Waals surface area contributed by atoms with Crippen molar-refractivity contribution in [2.75, 3.05) is 11.9 Å². The lowest BCUT2D eigenvalue weighted by atomic mass is 10.3. The lowest BCUT2D eigenvalue weighted by molar-refractivity contribution is -0.120. The fourth-order valence-corrected chi connectivity index (χ4v) is 1.46. The van der Waals surface area contributed by atoms with Gasteiger partial charge >= 0.3 is 0 Å². The first-order chi connectivity index (χ1) is 5.24. The number of carbonyl (C=O) groups excluding carboxylic acids is 1. The van der Waals surface area contributed by atoms with Gasteiger partial charge in [-0.15, -0.1) is 0 Å². The van der Waals surface area contributed by atoms with Crippen molar-refractivity contribution in [1.29, 1.82) is 0 Å². The highest BCUT2D eigenvalue weighted by molar-refractivity contribution is 9.09. The van der Waals surface area contributed by atoms with Crippen molar-refractivity contribution >= 4 is 21.8 Å². The number of rotatable bonds is 4. The summed E-state index contributed by atoms with van der Waals surface area (Å²) in [6.07, 6.45) is 1.88. The smallest absolute Gasteiger partial charge is 0.220 e. The van der Waals surface area contributed by atoms with Gasteiger partial charge in [0.15, 0.2) is 0 Å². The summed E-state index contributed by atoms with van der Waals surface area (Å²) in [4.78, 5) is 10.9. The summed E-state index contributed by atoms with van der Waals surface area (Å²) in [5.41, 5.74) is 0. The van der Waals surface area contributed by atoms with E-state index in [0.717, 1.165) is 23.7 Å². The first-order valence-corrected chi connectivity index (χ1v) is 5.19. The molecule has 1 amide bonds. The van der Waals surface area contributed by atoms with E-state index in [-0.39, 0.29) is 5.91 Å². The van der Waals surface area contributed by atoms with Crippen LogP contribution in [0.5, 0.6) is 0 Å². The molecule has 64 valence electrons. The molecule has 1 N–H and O–H groups in total. The maximum absolute atomic E-state index is 10.9. The normalized spacial score (nSPS) is 28.2. The molecule has 11 heavy (non-hydrogen) atoms. The molecule has 1 aliphatic carbocycles. The van der Waals surface area contributed by atoms with Gasteiger partial charge in [0.2, 0.25) is 5.91 Å². The fourth-order valence-electron chi connectivity index (χ4n) is 1.10. The third-order valence-corrected chi connectivity index (χ3v) is 2.56. The summed E-state index contributed by atoms with van der Waals surface area (Å²) in [6.45, 7) is 3.11. The van der Waals surface area contributed by atoms with E-state index < -0.39 is 0 Å². The van der Waals surface area contributed by atoms with Gasteiger partial charge in [0, 0.05) is 18.3 Å². The van der Waals surface area contributed by atoms with Gasteiger partial charge in [-0.2, -0.15) is 0 Å². The van der Waals surface area contributed by atoms with Crippen molar-refractivity contribution in [2.24, 2.45) is 11.8 Å². The lowest BCUT2D eigenvalue weighted by Crippen LogP contribution is -2.25. The largest absolute Gasteiger partial charge is 0.356 e.